The standard InChI is InChI=1S/C9H15FN2S/c1-6(11-4)7-5-12-8(13-7)9(2,3)10/h5-6,11H,1-4H3. The first-order valence-corrected chi connectivity index (χ1v) is 5.09. The average Bonchev–Trinajstić information content (AvgIpc) is 2.50. The molecule has 0 amide bonds. The smallest absolute Gasteiger partial charge is 0.156 e. The van der Waals surface area contributed by atoms with Gasteiger partial charge in [-0.25, -0.2) is 9.37 Å². The molecule has 1 heterocycles. The molecule has 1 aromatic heterocycles. The summed E-state index contributed by atoms with van der Waals surface area (Å²) in [6.45, 7) is 5.09. The van der Waals surface area contributed by atoms with Crippen molar-refractivity contribution < 1.29 is 4.39 Å². The van der Waals surface area contributed by atoms with E-state index < -0.39 is 5.67 Å². The number of rotatable bonds is 3. The number of alkyl halides is 1. The third kappa shape index (κ3) is 2.48. The van der Waals surface area contributed by atoms with E-state index in [1.807, 2.05) is 14.0 Å². The zero-order valence-corrected chi connectivity index (χ0v) is 9.20. The average molecular weight is 202 g/mol. The highest BCUT2D eigenvalue weighted by Gasteiger charge is 2.23. The minimum Gasteiger partial charge on any atom is -0.312 e. The first-order valence-electron chi connectivity index (χ1n) is 4.27. The van der Waals surface area contributed by atoms with E-state index in [4.69, 9.17) is 0 Å². The Morgan fingerprint density at radius 3 is 2.62 bits per heavy atom. The van der Waals surface area contributed by atoms with Gasteiger partial charge in [0.15, 0.2) is 5.67 Å². The van der Waals surface area contributed by atoms with Crippen molar-refractivity contribution in [2.75, 3.05) is 7.05 Å². The summed E-state index contributed by atoms with van der Waals surface area (Å²) in [7, 11) is 1.88. The Labute approximate surface area is 82.2 Å². The predicted molar refractivity (Wildman–Crippen MR) is 53.7 cm³/mol. The third-order valence-corrected chi connectivity index (χ3v) is 3.37. The second-order valence-electron chi connectivity index (χ2n) is 3.55. The van der Waals surface area contributed by atoms with Crippen molar-refractivity contribution in [3.63, 3.8) is 0 Å². The summed E-state index contributed by atoms with van der Waals surface area (Å²) in [5.74, 6) is 0. The summed E-state index contributed by atoms with van der Waals surface area (Å²) < 4.78 is 13.4. The van der Waals surface area contributed by atoms with E-state index in [9.17, 15) is 4.39 Å². The van der Waals surface area contributed by atoms with E-state index >= 15 is 0 Å². The highest BCUT2D eigenvalue weighted by Crippen LogP contribution is 2.30. The molecule has 1 rings (SSSR count). The van der Waals surface area contributed by atoms with Gasteiger partial charge in [-0.05, 0) is 27.8 Å². The molecule has 1 N–H and O–H groups in total. The summed E-state index contributed by atoms with van der Waals surface area (Å²) in [4.78, 5) is 5.13. The monoisotopic (exact) mass is 202 g/mol. The molecule has 0 spiro atoms. The van der Waals surface area contributed by atoms with Gasteiger partial charge in [-0.15, -0.1) is 11.3 Å². The fourth-order valence-corrected chi connectivity index (χ4v) is 1.88. The van der Waals surface area contributed by atoms with Crippen LogP contribution < -0.4 is 5.32 Å². The van der Waals surface area contributed by atoms with E-state index in [-0.39, 0.29) is 6.04 Å². The lowest BCUT2D eigenvalue weighted by atomic mass is 10.2. The van der Waals surface area contributed by atoms with Crippen molar-refractivity contribution in [1.29, 1.82) is 0 Å². The summed E-state index contributed by atoms with van der Waals surface area (Å²) >= 11 is 1.42. The van der Waals surface area contributed by atoms with Gasteiger partial charge in [0.05, 0.1) is 0 Å². The zero-order valence-electron chi connectivity index (χ0n) is 8.39. The second-order valence-corrected chi connectivity index (χ2v) is 4.61. The van der Waals surface area contributed by atoms with Gasteiger partial charge < -0.3 is 5.32 Å². The van der Waals surface area contributed by atoms with Gasteiger partial charge in [0.25, 0.3) is 0 Å². The molecule has 0 aliphatic carbocycles. The fourth-order valence-electron chi connectivity index (χ4n) is 0.904. The Morgan fingerprint density at radius 1 is 1.62 bits per heavy atom. The lowest BCUT2D eigenvalue weighted by Gasteiger charge is -2.09. The van der Waals surface area contributed by atoms with E-state index in [0.29, 0.717) is 5.01 Å². The number of nitrogens with zero attached hydrogens (tertiary/aromatic N) is 1. The predicted octanol–water partition coefficient (Wildman–Crippen LogP) is 2.63. The largest absolute Gasteiger partial charge is 0.312 e. The maximum Gasteiger partial charge on any atom is 0.156 e. The Balaban J connectivity index is 2.87. The molecule has 0 fully saturated rings. The van der Waals surface area contributed by atoms with Gasteiger partial charge in [0.1, 0.15) is 5.01 Å². The molecule has 1 aromatic rings. The minimum absolute atomic E-state index is 0.244. The first kappa shape index (κ1) is 10.6. The molecule has 13 heavy (non-hydrogen) atoms. The fraction of sp³-hybridized carbons (Fsp3) is 0.667. The van der Waals surface area contributed by atoms with E-state index in [0.717, 1.165) is 4.88 Å². The quantitative estimate of drug-likeness (QED) is 0.815. The molecule has 0 aromatic carbocycles. The molecule has 0 aliphatic heterocycles. The maximum atomic E-state index is 13.4. The molecule has 74 valence electrons. The Kier molecular flexibility index (Phi) is 3.03. The normalized spacial score (nSPS) is 14.5. The molecular weight excluding hydrogens is 187 g/mol. The van der Waals surface area contributed by atoms with Crippen LogP contribution in [0, 0.1) is 0 Å². The van der Waals surface area contributed by atoms with Crippen LogP contribution in [0.4, 0.5) is 4.39 Å². The van der Waals surface area contributed by atoms with Gasteiger partial charge in [-0.3, -0.25) is 0 Å². The molecule has 2 nitrogen and oxygen atoms in total. The van der Waals surface area contributed by atoms with Gasteiger partial charge in [0, 0.05) is 17.1 Å². The van der Waals surface area contributed by atoms with Crippen LogP contribution in [-0.2, 0) is 5.67 Å². The number of hydrogen-bond donors (Lipinski definition) is 1. The Bertz CT molecular complexity index is 277. The number of hydrogen-bond acceptors (Lipinski definition) is 3. The van der Waals surface area contributed by atoms with Crippen LogP contribution in [0.5, 0.6) is 0 Å². The topological polar surface area (TPSA) is 24.9 Å². The van der Waals surface area contributed by atoms with Crippen LogP contribution in [0.3, 0.4) is 0 Å². The maximum absolute atomic E-state index is 13.4. The highest BCUT2D eigenvalue weighted by atomic mass is 32.1. The SMILES string of the molecule is CNC(C)c1cnc(C(C)(C)F)s1. The zero-order chi connectivity index (χ0) is 10.1. The molecule has 0 saturated heterocycles. The minimum atomic E-state index is -1.32. The first-order chi connectivity index (χ1) is 5.95. The number of nitrogens with one attached hydrogen (secondary N) is 1. The summed E-state index contributed by atoms with van der Waals surface area (Å²) in [5.41, 5.74) is -1.32. The number of thiazole rings is 1. The van der Waals surface area contributed by atoms with E-state index in [2.05, 4.69) is 10.3 Å². The van der Waals surface area contributed by atoms with Gasteiger partial charge in [-0.1, -0.05) is 0 Å². The molecule has 0 aliphatic rings. The molecule has 1 unspecified atom stereocenters. The van der Waals surface area contributed by atoms with Crippen LogP contribution in [-0.4, -0.2) is 12.0 Å². The molecule has 0 bridgehead atoms. The van der Waals surface area contributed by atoms with Crippen molar-refractivity contribution in [1.82, 2.24) is 10.3 Å². The molecule has 1 atom stereocenters. The van der Waals surface area contributed by atoms with Crippen molar-refractivity contribution in [2.45, 2.75) is 32.5 Å². The lowest BCUT2D eigenvalue weighted by molar-refractivity contribution is 0.220. The van der Waals surface area contributed by atoms with E-state index in [1.54, 1.807) is 6.20 Å². The molecule has 0 radical (unpaired) electrons. The van der Waals surface area contributed by atoms with Crippen molar-refractivity contribution in [3.05, 3.63) is 16.1 Å². The lowest BCUT2D eigenvalue weighted by Crippen LogP contribution is -2.10. The van der Waals surface area contributed by atoms with E-state index in [1.165, 1.54) is 25.2 Å². The molecule has 0 saturated carbocycles. The summed E-state index contributed by atoms with van der Waals surface area (Å²) in [5, 5.41) is 3.64. The van der Waals surface area contributed by atoms with Crippen LogP contribution in [0.2, 0.25) is 0 Å². The third-order valence-electron chi connectivity index (χ3n) is 1.89. The van der Waals surface area contributed by atoms with Gasteiger partial charge in [-0.2, -0.15) is 0 Å². The second kappa shape index (κ2) is 3.72. The van der Waals surface area contributed by atoms with Gasteiger partial charge in [0.2, 0.25) is 0 Å². The Hall–Kier alpha value is -0.480. The van der Waals surface area contributed by atoms with Gasteiger partial charge >= 0.3 is 0 Å². The van der Waals surface area contributed by atoms with Crippen molar-refractivity contribution in [2.24, 2.45) is 0 Å². The highest BCUT2D eigenvalue weighted by molar-refractivity contribution is 7.11. The summed E-state index contributed by atoms with van der Waals surface area (Å²) in [6.07, 6.45) is 1.74. The summed E-state index contributed by atoms with van der Waals surface area (Å²) in [6, 6.07) is 0.244. The van der Waals surface area contributed by atoms with Crippen LogP contribution in [0.15, 0.2) is 6.20 Å². The van der Waals surface area contributed by atoms with Crippen LogP contribution >= 0.6 is 11.3 Å². The Morgan fingerprint density at radius 2 is 2.23 bits per heavy atom. The number of aromatic nitrogens is 1. The van der Waals surface area contributed by atoms with Crippen molar-refractivity contribution >= 4 is 11.3 Å². The molecule has 4 heteroatoms. The van der Waals surface area contributed by atoms with Crippen LogP contribution in [0.1, 0.15) is 36.7 Å². The van der Waals surface area contributed by atoms with Crippen molar-refractivity contribution in [3.8, 4) is 0 Å². The number of halogens is 1. The van der Waals surface area contributed by atoms with Crippen LogP contribution in [0.25, 0.3) is 0 Å². The molecular formula is C9H15FN2S.